The molecular formula is C23H20N2O3. The molecule has 1 aromatic heterocycles. The number of rotatable bonds is 5. The Balaban J connectivity index is 1.45. The van der Waals surface area contributed by atoms with Gasteiger partial charge >= 0.3 is 0 Å². The molecule has 0 saturated carbocycles. The lowest BCUT2D eigenvalue weighted by Crippen LogP contribution is -2.24. The molecule has 0 aliphatic carbocycles. The molecule has 0 saturated heterocycles. The van der Waals surface area contributed by atoms with Gasteiger partial charge in [0.1, 0.15) is 5.58 Å². The van der Waals surface area contributed by atoms with E-state index in [2.05, 4.69) is 16.7 Å². The number of carbonyl (C=O) groups excluding carboxylic acids is 2. The maximum atomic E-state index is 12.5. The van der Waals surface area contributed by atoms with Gasteiger partial charge in [-0.1, -0.05) is 42.5 Å². The first kappa shape index (κ1) is 17.8. The molecule has 0 aliphatic heterocycles. The summed E-state index contributed by atoms with van der Waals surface area (Å²) in [4.78, 5) is 23.5. The standard InChI is InChI=1S/C23H20N2O3/c1-15(26)25-19-9-6-16(7-10-19)13-24-22(27)12-18-14-28-21-11-8-17-4-2-3-5-20(17)23(18)21/h2-11,14H,12-13H2,1H3,(H,24,27)(H,25,26). The fourth-order valence-corrected chi connectivity index (χ4v) is 3.35. The average Bonchev–Trinajstić information content (AvgIpc) is 3.10. The lowest BCUT2D eigenvalue weighted by atomic mass is 10.0. The van der Waals surface area contributed by atoms with Gasteiger partial charge in [0.25, 0.3) is 0 Å². The zero-order valence-electron chi connectivity index (χ0n) is 15.5. The number of amides is 2. The number of nitrogens with one attached hydrogen (secondary N) is 2. The van der Waals surface area contributed by atoms with Gasteiger partial charge in [0.15, 0.2) is 0 Å². The predicted molar refractivity (Wildman–Crippen MR) is 110 cm³/mol. The van der Waals surface area contributed by atoms with E-state index in [-0.39, 0.29) is 18.2 Å². The van der Waals surface area contributed by atoms with Gasteiger partial charge in [0.2, 0.25) is 11.8 Å². The Kier molecular flexibility index (Phi) is 4.81. The number of carbonyl (C=O) groups is 2. The summed E-state index contributed by atoms with van der Waals surface area (Å²) >= 11 is 0. The SMILES string of the molecule is CC(=O)Nc1ccc(CNC(=O)Cc2coc3ccc4ccccc4c23)cc1. The van der Waals surface area contributed by atoms with E-state index in [0.29, 0.717) is 6.54 Å². The highest BCUT2D eigenvalue weighted by Crippen LogP contribution is 2.30. The number of furan rings is 1. The third kappa shape index (κ3) is 3.74. The van der Waals surface area contributed by atoms with Crippen LogP contribution in [0.2, 0.25) is 0 Å². The molecule has 2 N–H and O–H groups in total. The van der Waals surface area contributed by atoms with Crippen molar-refractivity contribution in [2.75, 3.05) is 5.32 Å². The van der Waals surface area contributed by atoms with Crippen LogP contribution >= 0.6 is 0 Å². The first-order chi connectivity index (χ1) is 13.6. The van der Waals surface area contributed by atoms with Crippen LogP contribution in [0.4, 0.5) is 5.69 Å². The van der Waals surface area contributed by atoms with Crippen molar-refractivity contribution in [3.63, 3.8) is 0 Å². The van der Waals surface area contributed by atoms with Crippen LogP contribution in [0, 0.1) is 0 Å². The van der Waals surface area contributed by atoms with E-state index in [0.717, 1.165) is 38.6 Å². The highest BCUT2D eigenvalue weighted by atomic mass is 16.3. The molecule has 0 radical (unpaired) electrons. The third-order valence-electron chi connectivity index (χ3n) is 4.66. The molecule has 3 aromatic carbocycles. The third-order valence-corrected chi connectivity index (χ3v) is 4.66. The number of hydrogen-bond donors (Lipinski definition) is 2. The lowest BCUT2D eigenvalue weighted by molar-refractivity contribution is -0.120. The Hall–Kier alpha value is -3.60. The quantitative estimate of drug-likeness (QED) is 0.545. The van der Waals surface area contributed by atoms with Crippen molar-refractivity contribution in [2.24, 2.45) is 0 Å². The molecule has 2 amide bonds. The van der Waals surface area contributed by atoms with Gasteiger partial charge in [0, 0.05) is 30.1 Å². The van der Waals surface area contributed by atoms with Crippen LogP contribution in [-0.2, 0) is 22.6 Å². The molecule has 5 nitrogen and oxygen atoms in total. The van der Waals surface area contributed by atoms with Gasteiger partial charge in [-0.2, -0.15) is 0 Å². The van der Waals surface area contributed by atoms with E-state index < -0.39 is 0 Å². The lowest BCUT2D eigenvalue weighted by Gasteiger charge is -2.07. The van der Waals surface area contributed by atoms with Crippen LogP contribution in [0.15, 0.2) is 71.3 Å². The normalized spacial score (nSPS) is 10.9. The molecular weight excluding hydrogens is 352 g/mol. The minimum atomic E-state index is -0.110. The van der Waals surface area contributed by atoms with Gasteiger partial charge in [-0.15, -0.1) is 0 Å². The van der Waals surface area contributed by atoms with Crippen LogP contribution in [0.25, 0.3) is 21.7 Å². The molecule has 0 aliphatic rings. The molecule has 140 valence electrons. The Morgan fingerprint density at radius 1 is 0.964 bits per heavy atom. The van der Waals surface area contributed by atoms with Crippen molar-refractivity contribution in [1.82, 2.24) is 5.32 Å². The molecule has 5 heteroatoms. The summed E-state index contributed by atoms with van der Waals surface area (Å²) in [6.45, 7) is 1.90. The van der Waals surface area contributed by atoms with E-state index >= 15 is 0 Å². The van der Waals surface area contributed by atoms with Crippen LogP contribution in [0.3, 0.4) is 0 Å². The van der Waals surface area contributed by atoms with Gasteiger partial charge in [-0.05, 0) is 34.5 Å². The summed E-state index contributed by atoms with van der Waals surface area (Å²) < 4.78 is 5.65. The molecule has 0 unspecified atom stereocenters. The van der Waals surface area contributed by atoms with Gasteiger partial charge in [0.05, 0.1) is 12.7 Å². The highest BCUT2D eigenvalue weighted by Gasteiger charge is 2.13. The van der Waals surface area contributed by atoms with E-state index in [1.165, 1.54) is 6.92 Å². The monoisotopic (exact) mass is 372 g/mol. The van der Waals surface area contributed by atoms with Crippen molar-refractivity contribution in [1.29, 1.82) is 0 Å². The van der Waals surface area contributed by atoms with Crippen molar-refractivity contribution < 1.29 is 14.0 Å². The largest absolute Gasteiger partial charge is 0.464 e. The minimum Gasteiger partial charge on any atom is -0.464 e. The van der Waals surface area contributed by atoms with Crippen LogP contribution < -0.4 is 10.6 Å². The summed E-state index contributed by atoms with van der Waals surface area (Å²) in [5, 5.41) is 8.87. The zero-order valence-corrected chi connectivity index (χ0v) is 15.5. The molecule has 1 heterocycles. The summed E-state index contributed by atoms with van der Waals surface area (Å²) in [7, 11) is 0. The van der Waals surface area contributed by atoms with Crippen molar-refractivity contribution in [2.45, 2.75) is 19.9 Å². The molecule has 0 fully saturated rings. The van der Waals surface area contributed by atoms with E-state index in [4.69, 9.17) is 4.42 Å². The van der Waals surface area contributed by atoms with Crippen LogP contribution in [0.1, 0.15) is 18.1 Å². The molecule has 4 aromatic rings. The first-order valence-electron chi connectivity index (χ1n) is 9.11. The predicted octanol–water partition coefficient (Wildman–Crippen LogP) is 4.40. The molecule has 0 atom stereocenters. The molecule has 0 spiro atoms. The zero-order chi connectivity index (χ0) is 19.5. The van der Waals surface area contributed by atoms with E-state index in [9.17, 15) is 9.59 Å². The van der Waals surface area contributed by atoms with Crippen LogP contribution in [-0.4, -0.2) is 11.8 Å². The number of benzene rings is 3. The Labute approximate surface area is 162 Å². The summed E-state index contributed by atoms with van der Waals surface area (Å²) in [5.74, 6) is -0.178. The first-order valence-corrected chi connectivity index (χ1v) is 9.11. The second kappa shape index (κ2) is 7.56. The Morgan fingerprint density at radius 2 is 1.75 bits per heavy atom. The molecule has 0 bridgehead atoms. The number of hydrogen-bond acceptors (Lipinski definition) is 3. The van der Waals surface area contributed by atoms with Crippen molar-refractivity contribution >= 4 is 39.2 Å². The number of anilines is 1. The fraction of sp³-hybridized carbons (Fsp3) is 0.130. The summed E-state index contributed by atoms with van der Waals surface area (Å²) in [5.41, 5.74) is 3.37. The fourth-order valence-electron chi connectivity index (χ4n) is 3.35. The van der Waals surface area contributed by atoms with Crippen molar-refractivity contribution in [3.8, 4) is 0 Å². The summed E-state index contributed by atoms with van der Waals surface area (Å²) in [6, 6.07) is 19.4. The molecule has 4 rings (SSSR count). The average molecular weight is 372 g/mol. The summed E-state index contributed by atoms with van der Waals surface area (Å²) in [6.07, 6.45) is 1.92. The molecule has 28 heavy (non-hydrogen) atoms. The van der Waals surface area contributed by atoms with Gasteiger partial charge < -0.3 is 15.1 Å². The van der Waals surface area contributed by atoms with E-state index in [1.54, 1.807) is 6.26 Å². The smallest absolute Gasteiger partial charge is 0.224 e. The Morgan fingerprint density at radius 3 is 2.54 bits per heavy atom. The Bertz CT molecular complexity index is 1160. The highest BCUT2D eigenvalue weighted by molar-refractivity contribution is 6.08. The van der Waals surface area contributed by atoms with Crippen molar-refractivity contribution in [3.05, 3.63) is 78.1 Å². The second-order valence-electron chi connectivity index (χ2n) is 6.75. The number of fused-ring (bicyclic) bond motifs is 3. The maximum absolute atomic E-state index is 12.5. The van der Waals surface area contributed by atoms with Crippen LogP contribution in [0.5, 0.6) is 0 Å². The minimum absolute atomic E-state index is 0.0680. The van der Waals surface area contributed by atoms with Gasteiger partial charge in [-0.25, -0.2) is 0 Å². The van der Waals surface area contributed by atoms with E-state index in [1.807, 2.05) is 54.6 Å². The topological polar surface area (TPSA) is 71.3 Å². The second-order valence-corrected chi connectivity index (χ2v) is 6.75. The maximum Gasteiger partial charge on any atom is 0.224 e. The van der Waals surface area contributed by atoms with Gasteiger partial charge in [-0.3, -0.25) is 9.59 Å².